The number of hydrogen-bond acceptors (Lipinski definition) is 4. The fourth-order valence-corrected chi connectivity index (χ4v) is 4.87. The molecule has 29 heavy (non-hydrogen) atoms. The number of aliphatic imine (C=N–C) groups is 1. The van der Waals surface area contributed by atoms with Gasteiger partial charge in [0.25, 0.3) is 0 Å². The first-order valence-electron chi connectivity index (χ1n) is 10.8. The quantitative estimate of drug-likeness (QED) is 0.527. The first kappa shape index (κ1) is 21.8. The molecule has 7 heteroatoms. The second-order valence-electron chi connectivity index (χ2n) is 7.73. The molecule has 1 saturated carbocycles. The first-order valence-corrected chi connectivity index (χ1v) is 12.1. The number of para-hydroxylation sites is 1. The van der Waals surface area contributed by atoms with Crippen LogP contribution in [-0.4, -0.2) is 73.6 Å². The van der Waals surface area contributed by atoms with Crippen LogP contribution >= 0.6 is 11.8 Å². The number of nitrogens with zero attached hydrogens (tertiary/aromatic N) is 3. The maximum Gasteiger partial charge on any atom is 0.224 e. The molecule has 1 saturated heterocycles. The molecule has 2 fully saturated rings. The molecule has 1 aliphatic carbocycles. The van der Waals surface area contributed by atoms with Crippen LogP contribution in [0.15, 0.2) is 35.3 Å². The third kappa shape index (κ3) is 6.56. The monoisotopic (exact) mass is 417 g/mol. The van der Waals surface area contributed by atoms with Gasteiger partial charge in [0, 0.05) is 56.1 Å². The highest BCUT2D eigenvalue weighted by Crippen LogP contribution is 2.28. The van der Waals surface area contributed by atoms with Crippen LogP contribution in [0.3, 0.4) is 0 Å². The van der Waals surface area contributed by atoms with Crippen LogP contribution in [0.4, 0.5) is 5.69 Å². The molecule has 2 atom stereocenters. The van der Waals surface area contributed by atoms with Crippen molar-refractivity contribution in [2.24, 2.45) is 4.99 Å². The van der Waals surface area contributed by atoms with Gasteiger partial charge in [0.1, 0.15) is 0 Å². The van der Waals surface area contributed by atoms with Gasteiger partial charge in [-0.25, -0.2) is 0 Å². The van der Waals surface area contributed by atoms with Crippen molar-refractivity contribution in [3.8, 4) is 0 Å². The summed E-state index contributed by atoms with van der Waals surface area (Å²) in [5.41, 5.74) is 1.24. The third-order valence-electron chi connectivity index (χ3n) is 5.75. The standard InChI is InChI=1S/C22H35N5OS/c1-3-23-22(25-18-9-10-20(17-18)29-2)24-12-11-21(28)27-15-13-26(14-16-27)19-7-5-4-6-8-19/h4-8,18,20H,3,9-17H2,1-2H3,(H2,23,24,25). The van der Waals surface area contributed by atoms with Crippen LogP contribution in [0.5, 0.6) is 0 Å². The molecule has 0 bridgehead atoms. The van der Waals surface area contributed by atoms with Gasteiger partial charge in [-0.2, -0.15) is 11.8 Å². The predicted octanol–water partition coefficient (Wildman–Crippen LogP) is 2.56. The first-order chi connectivity index (χ1) is 14.2. The van der Waals surface area contributed by atoms with Crippen LogP contribution in [0.25, 0.3) is 0 Å². The van der Waals surface area contributed by atoms with Gasteiger partial charge in [-0.1, -0.05) is 18.2 Å². The fraction of sp³-hybridized carbons (Fsp3) is 0.636. The van der Waals surface area contributed by atoms with Crippen molar-refractivity contribution in [3.63, 3.8) is 0 Å². The number of carbonyl (C=O) groups is 1. The number of thioether (sulfide) groups is 1. The molecule has 1 amide bonds. The van der Waals surface area contributed by atoms with Crippen LogP contribution in [0.1, 0.15) is 32.6 Å². The number of nitrogens with one attached hydrogen (secondary N) is 2. The van der Waals surface area contributed by atoms with Crippen molar-refractivity contribution >= 4 is 29.3 Å². The largest absolute Gasteiger partial charge is 0.368 e. The summed E-state index contributed by atoms with van der Waals surface area (Å²) in [6.07, 6.45) is 6.32. The van der Waals surface area contributed by atoms with E-state index in [9.17, 15) is 4.79 Å². The molecule has 2 N–H and O–H groups in total. The Morgan fingerprint density at radius 2 is 1.93 bits per heavy atom. The topological polar surface area (TPSA) is 60.0 Å². The van der Waals surface area contributed by atoms with E-state index in [2.05, 4.69) is 58.0 Å². The highest BCUT2D eigenvalue weighted by molar-refractivity contribution is 7.99. The zero-order valence-electron chi connectivity index (χ0n) is 17.8. The van der Waals surface area contributed by atoms with E-state index in [1.165, 1.54) is 24.9 Å². The fourth-order valence-electron chi connectivity index (χ4n) is 4.07. The predicted molar refractivity (Wildman–Crippen MR) is 124 cm³/mol. The van der Waals surface area contributed by atoms with E-state index < -0.39 is 0 Å². The number of benzene rings is 1. The Morgan fingerprint density at radius 3 is 2.59 bits per heavy atom. The number of carbonyl (C=O) groups excluding carboxylic acids is 1. The van der Waals surface area contributed by atoms with Crippen molar-refractivity contribution in [1.82, 2.24) is 15.5 Å². The number of piperazine rings is 1. The Bertz CT molecular complexity index is 660. The number of anilines is 1. The van der Waals surface area contributed by atoms with Crippen molar-refractivity contribution in [2.75, 3.05) is 50.4 Å². The third-order valence-corrected chi connectivity index (χ3v) is 6.85. The molecule has 1 aromatic rings. The zero-order chi connectivity index (χ0) is 20.5. The summed E-state index contributed by atoms with van der Waals surface area (Å²) in [5, 5.41) is 7.63. The number of amides is 1. The number of guanidine groups is 1. The van der Waals surface area contributed by atoms with Crippen LogP contribution < -0.4 is 15.5 Å². The van der Waals surface area contributed by atoms with Gasteiger partial charge in [-0.3, -0.25) is 9.79 Å². The lowest BCUT2D eigenvalue weighted by molar-refractivity contribution is -0.131. The van der Waals surface area contributed by atoms with E-state index >= 15 is 0 Å². The second-order valence-corrected chi connectivity index (χ2v) is 8.86. The Morgan fingerprint density at radius 1 is 1.17 bits per heavy atom. The van der Waals surface area contributed by atoms with Gasteiger partial charge in [-0.05, 0) is 44.6 Å². The average molecular weight is 418 g/mol. The van der Waals surface area contributed by atoms with E-state index in [1.807, 2.05) is 22.7 Å². The lowest BCUT2D eigenvalue weighted by Gasteiger charge is -2.36. The molecule has 0 spiro atoms. The van der Waals surface area contributed by atoms with E-state index in [1.54, 1.807) is 0 Å². The lowest BCUT2D eigenvalue weighted by Crippen LogP contribution is -2.49. The summed E-state index contributed by atoms with van der Waals surface area (Å²) < 4.78 is 0. The smallest absolute Gasteiger partial charge is 0.224 e. The zero-order valence-corrected chi connectivity index (χ0v) is 18.6. The SMILES string of the molecule is CCNC(=NCCC(=O)N1CCN(c2ccccc2)CC1)NC1CCC(SC)C1. The van der Waals surface area contributed by atoms with Crippen molar-refractivity contribution in [1.29, 1.82) is 0 Å². The minimum Gasteiger partial charge on any atom is -0.368 e. The molecule has 0 aromatic heterocycles. The summed E-state index contributed by atoms with van der Waals surface area (Å²) in [6, 6.07) is 10.9. The van der Waals surface area contributed by atoms with E-state index in [0.717, 1.165) is 43.9 Å². The molecule has 6 nitrogen and oxygen atoms in total. The minimum atomic E-state index is 0.209. The number of rotatable bonds is 7. The van der Waals surface area contributed by atoms with Gasteiger partial charge in [0.05, 0.1) is 6.54 Å². The molecule has 160 valence electrons. The summed E-state index contributed by atoms with van der Waals surface area (Å²) in [5.74, 6) is 1.06. The van der Waals surface area contributed by atoms with Crippen molar-refractivity contribution in [3.05, 3.63) is 30.3 Å². The van der Waals surface area contributed by atoms with Crippen LogP contribution in [0, 0.1) is 0 Å². The van der Waals surface area contributed by atoms with E-state index in [-0.39, 0.29) is 5.91 Å². The normalized spacial score (nSPS) is 22.6. The number of hydrogen-bond donors (Lipinski definition) is 2. The molecular formula is C22H35N5OS. The van der Waals surface area contributed by atoms with Crippen molar-refractivity contribution < 1.29 is 4.79 Å². The Balaban J connectivity index is 1.41. The maximum atomic E-state index is 12.6. The molecule has 2 unspecified atom stereocenters. The van der Waals surface area contributed by atoms with Crippen LogP contribution in [0.2, 0.25) is 0 Å². The molecular weight excluding hydrogens is 382 g/mol. The molecule has 1 aromatic carbocycles. The van der Waals surface area contributed by atoms with Gasteiger partial charge in [0.2, 0.25) is 5.91 Å². The van der Waals surface area contributed by atoms with E-state index in [0.29, 0.717) is 19.0 Å². The van der Waals surface area contributed by atoms with Crippen LogP contribution in [-0.2, 0) is 4.79 Å². The van der Waals surface area contributed by atoms with Gasteiger partial charge in [0.15, 0.2) is 5.96 Å². The second kappa shape index (κ2) is 11.3. The average Bonchev–Trinajstić information content (AvgIpc) is 3.22. The minimum absolute atomic E-state index is 0.209. The summed E-state index contributed by atoms with van der Waals surface area (Å²) in [7, 11) is 0. The lowest BCUT2D eigenvalue weighted by atomic mass is 10.2. The Hall–Kier alpha value is -1.89. The molecule has 3 rings (SSSR count). The summed E-state index contributed by atoms with van der Waals surface area (Å²) in [4.78, 5) is 21.6. The molecule has 2 aliphatic rings. The summed E-state index contributed by atoms with van der Waals surface area (Å²) >= 11 is 1.96. The van der Waals surface area contributed by atoms with Gasteiger partial charge < -0.3 is 20.4 Å². The van der Waals surface area contributed by atoms with Gasteiger partial charge >= 0.3 is 0 Å². The molecule has 0 radical (unpaired) electrons. The maximum absolute atomic E-state index is 12.6. The molecule has 1 heterocycles. The van der Waals surface area contributed by atoms with Gasteiger partial charge in [-0.15, -0.1) is 0 Å². The summed E-state index contributed by atoms with van der Waals surface area (Å²) in [6.45, 7) is 6.80. The van der Waals surface area contributed by atoms with E-state index in [4.69, 9.17) is 0 Å². The molecule has 1 aliphatic heterocycles. The highest BCUT2D eigenvalue weighted by Gasteiger charge is 2.24. The van der Waals surface area contributed by atoms with Crippen molar-refractivity contribution in [2.45, 2.75) is 43.9 Å². The Kier molecular flexibility index (Phi) is 8.52. The Labute approximate surface area is 179 Å². The highest BCUT2D eigenvalue weighted by atomic mass is 32.2.